The molecule has 0 spiro atoms. The van der Waals surface area contributed by atoms with E-state index < -0.39 is 0 Å². The zero-order chi connectivity index (χ0) is 14.8. The normalized spacial score (nSPS) is 22.3. The zero-order valence-electron chi connectivity index (χ0n) is 12.2. The van der Waals surface area contributed by atoms with E-state index in [9.17, 15) is 4.79 Å². The van der Waals surface area contributed by atoms with Crippen LogP contribution in [0, 0.1) is 0 Å². The fourth-order valence-electron chi connectivity index (χ4n) is 2.80. The minimum atomic E-state index is 0.0668. The molecule has 1 saturated heterocycles. The number of piperazine rings is 1. The van der Waals surface area contributed by atoms with Crippen molar-refractivity contribution in [3.8, 4) is 5.69 Å². The Morgan fingerprint density at radius 2 is 2.05 bits per heavy atom. The van der Waals surface area contributed by atoms with Gasteiger partial charge in [-0.3, -0.25) is 4.79 Å². The quantitative estimate of drug-likeness (QED) is 0.897. The molecule has 2 atom stereocenters. The van der Waals surface area contributed by atoms with Crippen LogP contribution >= 0.6 is 0 Å². The van der Waals surface area contributed by atoms with Crippen LogP contribution in [-0.2, 0) is 0 Å². The van der Waals surface area contributed by atoms with Crippen LogP contribution in [0.4, 0.5) is 0 Å². The second-order valence-electron chi connectivity index (χ2n) is 5.57. The fourth-order valence-corrected chi connectivity index (χ4v) is 2.80. The molecule has 1 aliphatic rings. The molecule has 1 amide bonds. The summed E-state index contributed by atoms with van der Waals surface area (Å²) in [5, 5.41) is 7.53. The highest BCUT2D eigenvalue weighted by molar-refractivity contribution is 5.94. The number of amides is 1. The van der Waals surface area contributed by atoms with Crippen molar-refractivity contribution in [1.29, 1.82) is 0 Å². The van der Waals surface area contributed by atoms with Crippen molar-refractivity contribution in [2.75, 3.05) is 13.1 Å². The topological polar surface area (TPSA) is 63.1 Å². The van der Waals surface area contributed by atoms with Crippen LogP contribution in [0.5, 0.6) is 0 Å². The second-order valence-corrected chi connectivity index (χ2v) is 5.57. The molecule has 0 radical (unpaired) electrons. The van der Waals surface area contributed by atoms with Crippen LogP contribution in [0.1, 0.15) is 24.2 Å². The molecule has 1 aromatic carbocycles. The van der Waals surface area contributed by atoms with Crippen molar-refractivity contribution in [3.63, 3.8) is 0 Å². The second kappa shape index (κ2) is 5.65. The largest absolute Gasteiger partial charge is 0.336 e. The Kier molecular flexibility index (Phi) is 3.70. The molecule has 0 aliphatic carbocycles. The van der Waals surface area contributed by atoms with Crippen LogP contribution in [0.15, 0.2) is 36.9 Å². The molecule has 0 unspecified atom stereocenters. The number of carbonyl (C=O) groups excluding carboxylic acids is 1. The van der Waals surface area contributed by atoms with Crippen molar-refractivity contribution in [3.05, 3.63) is 42.5 Å². The van der Waals surface area contributed by atoms with E-state index in [0.29, 0.717) is 17.6 Å². The van der Waals surface area contributed by atoms with Gasteiger partial charge in [0.15, 0.2) is 0 Å². The predicted molar refractivity (Wildman–Crippen MR) is 79.3 cm³/mol. The van der Waals surface area contributed by atoms with Crippen molar-refractivity contribution >= 4 is 5.91 Å². The van der Waals surface area contributed by atoms with E-state index in [-0.39, 0.29) is 5.91 Å². The zero-order valence-corrected chi connectivity index (χ0v) is 12.2. The number of nitrogens with one attached hydrogen (secondary N) is 1. The third-order valence-corrected chi connectivity index (χ3v) is 3.62. The summed E-state index contributed by atoms with van der Waals surface area (Å²) in [5.41, 5.74) is 1.53. The Labute approximate surface area is 123 Å². The van der Waals surface area contributed by atoms with Gasteiger partial charge in [0.05, 0.1) is 5.69 Å². The smallest absolute Gasteiger partial charge is 0.254 e. The van der Waals surface area contributed by atoms with Gasteiger partial charge in [-0.15, -0.1) is 0 Å². The first-order valence-electron chi connectivity index (χ1n) is 7.14. The van der Waals surface area contributed by atoms with E-state index in [1.807, 2.05) is 29.2 Å². The number of rotatable bonds is 2. The minimum Gasteiger partial charge on any atom is -0.336 e. The van der Waals surface area contributed by atoms with Crippen molar-refractivity contribution < 1.29 is 4.79 Å². The number of hydrogen-bond acceptors (Lipinski definition) is 4. The first-order valence-corrected chi connectivity index (χ1v) is 7.14. The van der Waals surface area contributed by atoms with Crippen LogP contribution in [0.3, 0.4) is 0 Å². The summed E-state index contributed by atoms with van der Waals surface area (Å²) in [4.78, 5) is 18.5. The molecule has 3 rings (SSSR count). The highest BCUT2D eigenvalue weighted by Crippen LogP contribution is 2.14. The van der Waals surface area contributed by atoms with Gasteiger partial charge < -0.3 is 10.2 Å². The van der Waals surface area contributed by atoms with Gasteiger partial charge in [0.25, 0.3) is 5.91 Å². The fraction of sp³-hybridized carbons (Fsp3) is 0.400. The molecule has 6 nitrogen and oxygen atoms in total. The van der Waals surface area contributed by atoms with Gasteiger partial charge in [0, 0.05) is 30.7 Å². The lowest BCUT2D eigenvalue weighted by atomic mass is 10.1. The molecular formula is C15H19N5O. The first kappa shape index (κ1) is 13.8. The van der Waals surface area contributed by atoms with E-state index >= 15 is 0 Å². The molecule has 6 heteroatoms. The van der Waals surface area contributed by atoms with Gasteiger partial charge in [-0.05, 0) is 32.0 Å². The Morgan fingerprint density at radius 3 is 2.71 bits per heavy atom. The van der Waals surface area contributed by atoms with Gasteiger partial charge in [-0.2, -0.15) is 5.10 Å². The van der Waals surface area contributed by atoms with Crippen LogP contribution in [0.25, 0.3) is 5.69 Å². The maximum atomic E-state index is 12.7. The summed E-state index contributed by atoms with van der Waals surface area (Å²) in [7, 11) is 0. The highest BCUT2D eigenvalue weighted by Gasteiger charge is 2.25. The summed E-state index contributed by atoms with van der Waals surface area (Å²) in [5.74, 6) is 0.0668. The van der Waals surface area contributed by atoms with Gasteiger partial charge in [0.1, 0.15) is 12.7 Å². The lowest BCUT2D eigenvalue weighted by molar-refractivity contribution is 0.0674. The van der Waals surface area contributed by atoms with E-state index in [4.69, 9.17) is 0 Å². The molecule has 2 heterocycles. The third-order valence-electron chi connectivity index (χ3n) is 3.62. The number of benzene rings is 1. The van der Waals surface area contributed by atoms with Crippen molar-refractivity contribution in [2.45, 2.75) is 25.9 Å². The third kappa shape index (κ3) is 2.95. The molecule has 2 aromatic rings. The van der Waals surface area contributed by atoms with E-state index in [1.54, 1.807) is 11.0 Å². The van der Waals surface area contributed by atoms with Crippen LogP contribution < -0.4 is 5.32 Å². The minimum absolute atomic E-state index is 0.0668. The lowest BCUT2D eigenvalue weighted by Gasteiger charge is -2.36. The van der Waals surface area contributed by atoms with E-state index in [2.05, 4.69) is 29.2 Å². The summed E-state index contributed by atoms with van der Waals surface area (Å²) >= 11 is 0. The average Bonchev–Trinajstić information content (AvgIpc) is 3.00. The summed E-state index contributed by atoms with van der Waals surface area (Å²) in [6.45, 7) is 5.66. The Hall–Kier alpha value is -2.21. The number of hydrogen-bond donors (Lipinski definition) is 1. The number of carbonyl (C=O) groups is 1. The maximum Gasteiger partial charge on any atom is 0.254 e. The van der Waals surface area contributed by atoms with Gasteiger partial charge in [-0.25, -0.2) is 9.67 Å². The van der Waals surface area contributed by atoms with Gasteiger partial charge >= 0.3 is 0 Å². The molecule has 0 bridgehead atoms. The lowest BCUT2D eigenvalue weighted by Crippen LogP contribution is -2.55. The molecule has 1 aliphatic heterocycles. The van der Waals surface area contributed by atoms with Gasteiger partial charge in [-0.1, -0.05) is 6.07 Å². The Balaban J connectivity index is 1.83. The van der Waals surface area contributed by atoms with E-state index in [1.165, 1.54) is 6.33 Å². The molecule has 1 fully saturated rings. The summed E-state index contributed by atoms with van der Waals surface area (Å²) in [6, 6.07) is 8.12. The monoisotopic (exact) mass is 285 g/mol. The van der Waals surface area contributed by atoms with E-state index in [0.717, 1.165) is 18.8 Å². The molecule has 0 saturated carbocycles. The molecule has 110 valence electrons. The van der Waals surface area contributed by atoms with Gasteiger partial charge in [0.2, 0.25) is 0 Å². The Morgan fingerprint density at radius 1 is 1.29 bits per heavy atom. The summed E-state index contributed by atoms with van der Waals surface area (Å²) in [6.07, 6.45) is 3.10. The molecular weight excluding hydrogens is 266 g/mol. The van der Waals surface area contributed by atoms with Crippen molar-refractivity contribution in [1.82, 2.24) is 25.0 Å². The number of nitrogens with zero attached hydrogens (tertiary/aromatic N) is 4. The molecule has 1 N–H and O–H groups in total. The van der Waals surface area contributed by atoms with Crippen LogP contribution in [-0.4, -0.2) is 50.7 Å². The van der Waals surface area contributed by atoms with Crippen LogP contribution in [0.2, 0.25) is 0 Å². The Bertz CT molecular complexity index is 615. The average molecular weight is 285 g/mol. The predicted octanol–water partition coefficient (Wildman–Crippen LogP) is 1.09. The van der Waals surface area contributed by atoms with Crippen molar-refractivity contribution in [2.24, 2.45) is 0 Å². The maximum absolute atomic E-state index is 12.7. The molecule has 21 heavy (non-hydrogen) atoms. The standard InChI is InChI=1S/C15H19N5O/c1-11-7-19(8-12(2)18-11)15(21)13-4-3-5-14(6-13)20-10-16-9-17-20/h3-6,9-12,18H,7-8H2,1-2H3/t11-,12-/m1/s1. The SMILES string of the molecule is C[C@@H]1CN(C(=O)c2cccc(-n3cncn3)c2)C[C@@H](C)N1. The first-order chi connectivity index (χ1) is 10.1. The highest BCUT2D eigenvalue weighted by atomic mass is 16.2. The summed E-state index contributed by atoms with van der Waals surface area (Å²) < 4.78 is 1.65. The number of aromatic nitrogens is 3. The molecule has 1 aromatic heterocycles.